The topological polar surface area (TPSA) is 36.7 Å². The largest absolute Gasteiger partial charge is 0.257 e. The molecule has 0 amide bonds. The summed E-state index contributed by atoms with van der Waals surface area (Å²) in [5.74, 6) is 0. The van der Waals surface area contributed by atoms with Crippen molar-refractivity contribution in [3.63, 3.8) is 0 Å². The van der Waals surface area contributed by atoms with E-state index in [-0.39, 0.29) is 0 Å². The van der Waals surface area contributed by atoms with Crippen LogP contribution in [0.15, 0.2) is 46.2 Å². The molecule has 2 aromatic rings. The highest BCUT2D eigenvalue weighted by molar-refractivity contribution is 7.99. The lowest BCUT2D eigenvalue weighted by Gasteiger charge is -2.07. The summed E-state index contributed by atoms with van der Waals surface area (Å²) in [6.07, 6.45) is 0. The van der Waals surface area contributed by atoms with Gasteiger partial charge >= 0.3 is 0 Å². The Hall–Kier alpha value is -1.79. The van der Waals surface area contributed by atoms with Crippen LogP contribution in [-0.2, 0) is 0 Å². The van der Waals surface area contributed by atoms with E-state index < -0.39 is 0 Å². The summed E-state index contributed by atoms with van der Waals surface area (Å²) in [5, 5.41) is 9.16. The molecule has 1 heterocycles. The van der Waals surface area contributed by atoms with E-state index in [0.29, 0.717) is 5.56 Å². The fourth-order valence-corrected chi connectivity index (χ4v) is 2.70. The minimum atomic E-state index is 0.671. The van der Waals surface area contributed by atoms with Crippen molar-refractivity contribution in [1.82, 2.24) is 4.98 Å². The van der Waals surface area contributed by atoms with E-state index in [0.717, 1.165) is 21.2 Å². The first-order chi connectivity index (χ1) is 8.20. The van der Waals surface area contributed by atoms with Crippen molar-refractivity contribution in [2.75, 3.05) is 0 Å². The number of benzene rings is 1. The third-order valence-electron chi connectivity index (χ3n) is 2.38. The SMILES string of the molecule is Cc1cc(Sc2ccccc2)c(C#N)c(C)n1. The zero-order valence-corrected chi connectivity index (χ0v) is 10.6. The van der Waals surface area contributed by atoms with Gasteiger partial charge in [-0.3, -0.25) is 4.98 Å². The number of pyridine rings is 1. The standard InChI is InChI=1S/C14H12N2S/c1-10-8-14(13(9-15)11(2)16-10)17-12-6-4-3-5-7-12/h3-8H,1-2H3. The van der Waals surface area contributed by atoms with E-state index in [1.54, 1.807) is 11.8 Å². The molecule has 1 aromatic heterocycles. The molecular formula is C14H12N2S. The third kappa shape index (κ3) is 2.66. The molecule has 0 saturated heterocycles. The molecule has 0 atom stereocenters. The van der Waals surface area contributed by atoms with E-state index in [2.05, 4.69) is 11.1 Å². The average Bonchev–Trinajstić information content (AvgIpc) is 2.30. The first-order valence-corrected chi connectivity index (χ1v) is 6.13. The van der Waals surface area contributed by atoms with Gasteiger partial charge < -0.3 is 0 Å². The Morgan fingerprint density at radius 3 is 2.53 bits per heavy atom. The van der Waals surface area contributed by atoms with E-state index >= 15 is 0 Å². The molecule has 0 fully saturated rings. The lowest BCUT2D eigenvalue weighted by molar-refractivity contribution is 1.07. The molecule has 17 heavy (non-hydrogen) atoms. The Morgan fingerprint density at radius 1 is 1.18 bits per heavy atom. The molecular weight excluding hydrogens is 228 g/mol. The first-order valence-electron chi connectivity index (χ1n) is 5.32. The first kappa shape index (κ1) is 11.7. The maximum absolute atomic E-state index is 9.16. The molecule has 0 aliphatic rings. The molecule has 0 radical (unpaired) electrons. The van der Waals surface area contributed by atoms with Crippen molar-refractivity contribution in [2.45, 2.75) is 23.6 Å². The molecule has 0 bridgehead atoms. The number of hydrogen-bond acceptors (Lipinski definition) is 3. The van der Waals surface area contributed by atoms with E-state index in [1.807, 2.05) is 50.2 Å². The second-order valence-corrected chi connectivity index (χ2v) is 4.86. The van der Waals surface area contributed by atoms with Crippen molar-refractivity contribution in [2.24, 2.45) is 0 Å². The predicted octanol–water partition coefficient (Wildman–Crippen LogP) is 3.72. The maximum Gasteiger partial charge on any atom is 0.102 e. The zero-order chi connectivity index (χ0) is 12.3. The van der Waals surface area contributed by atoms with Crippen LogP contribution in [0.2, 0.25) is 0 Å². The van der Waals surface area contributed by atoms with Crippen LogP contribution in [0.4, 0.5) is 0 Å². The quantitative estimate of drug-likeness (QED) is 0.802. The van der Waals surface area contributed by atoms with Gasteiger partial charge in [0.25, 0.3) is 0 Å². The second kappa shape index (κ2) is 5.03. The van der Waals surface area contributed by atoms with Gasteiger partial charge in [-0.2, -0.15) is 5.26 Å². The molecule has 2 nitrogen and oxygen atoms in total. The van der Waals surface area contributed by atoms with E-state index in [1.165, 1.54) is 0 Å². The van der Waals surface area contributed by atoms with Gasteiger partial charge in [-0.05, 0) is 32.0 Å². The van der Waals surface area contributed by atoms with Gasteiger partial charge in [0.2, 0.25) is 0 Å². The van der Waals surface area contributed by atoms with E-state index in [9.17, 15) is 0 Å². The van der Waals surface area contributed by atoms with Crippen LogP contribution in [0.3, 0.4) is 0 Å². The summed E-state index contributed by atoms with van der Waals surface area (Å²) in [7, 11) is 0. The number of rotatable bonds is 2. The molecule has 0 N–H and O–H groups in total. The molecule has 0 aliphatic heterocycles. The van der Waals surface area contributed by atoms with Gasteiger partial charge in [0.15, 0.2) is 0 Å². The molecule has 0 saturated carbocycles. The number of aryl methyl sites for hydroxylation is 2. The fourth-order valence-electron chi connectivity index (χ4n) is 1.62. The van der Waals surface area contributed by atoms with Crippen LogP contribution in [-0.4, -0.2) is 4.98 Å². The highest BCUT2D eigenvalue weighted by Gasteiger charge is 2.09. The lowest BCUT2D eigenvalue weighted by Crippen LogP contribution is -1.93. The minimum Gasteiger partial charge on any atom is -0.257 e. The van der Waals surface area contributed by atoms with Gasteiger partial charge in [0, 0.05) is 15.5 Å². The fraction of sp³-hybridized carbons (Fsp3) is 0.143. The van der Waals surface area contributed by atoms with Gasteiger partial charge in [0.05, 0.1) is 11.3 Å². The lowest BCUT2D eigenvalue weighted by atomic mass is 10.2. The Balaban J connectivity index is 2.43. The summed E-state index contributed by atoms with van der Waals surface area (Å²) in [6, 6.07) is 14.2. The third-order valence-corrected chi connectivity index (χ3v) is 3.42. The predicted molar refractivity (Wildman–Crippen MR) is 69.0 cm³/mol. The van der Waals surface area contributed by atoms with Crippen molar-refractivity contribution < 1.29 is 0 Å². The number of hydrogen-bond donors (Lipinski definition) is 0. The molecule has 2 rings (SSSR count). The van der Waals surface area contributed by atoms with Gasteiger partial charge in [-0.25, -0.2) is 0 Å². The van der Waals surface area contributed by atoms with Gasteiger partial charge in [-0.15, -0.1) is 0 Å². The molecule has 0 spiro atoms. The van der Waals surface area contributed by atoms with Crippen LogP contribution in [0.5, 0.6) is 0 Å². The van der Waals surface area contributed by atoms with Crippen LogP contribution in [0.1, 0.15) is 17.0 Å². The molecule has 84 valence electrons. The molecule has 3 heteroatoms. The molecule has 1 aromatic carbocycles. The summed E-state index contributed by atoms with van der Waals surface area (Å²) < 4.78 is 0. The van der Waals surface area contributed by atoms with Crippen LogP contribution in [0, 0.1) is 25.2 Å². The van der Waals surface area contributed by atoms with Crippen LogP contribution < -0.4 is 0 Å². The summed E-state index contributed by atoms with van der Waals surface area (Å²) in [6.45, 7) is 3.82. The Morgan fingerprint density at radius 2 is 1.88 bits per heavy atom. The Kier molecular flexibility index (Phi) is 3.46. The minimum absolute atomic E-state index is 0.671. The monoisotopic (exact) mass is 240 g/mol. The van der Waals surface area contributed by atoms with Gasteiger partial charge in [0.1, 0.15) is 6.07 Å². The maximum atomic E-state index is 9.16. The highest BCUT2D eigenvalue weighted by atomic mass is 32.2. The average molecular weight is 240 g/mol. The summed E-state index contributed by atoms with van der Waals surface area (Å²) in [4.78, 5) is 6.42. The van der Waals surface area contributed by atoms with E-state index in [4.69, 9.17) is 5.26 Å². The normalized spacial score (nSPS) is 9.94. The van der Waals surface area contributed by atoms with Crippen molar-refractivity contribution in [1.29, 1.82) is 5.26 Å². The van der Waals surface area contributed by atoms with Crippen LogP contribution in [0.25, 0.3) is 0 Å². The zero-order valence-electron chi connectivity index (χ0n) is 9.77. The van der Waals surface area contributed by atoms with Gasteiger partial charge in [-0.1, -0.05) is 30.0 Å². The smallest absolute Gasteiger partial charge is 0.102 e. The molecule has 0 unspecified atom stereocenters. The van der Waals surface area contributed by atoms with Crippen molar-refractivity contribution >= 4 is 11.8 Å². The number of nitriles is 1. The number of nitrogens with zero attached hydrogens (tertiary/aromatic N) is 2. The van der Waals surface area contributed by atoms with Crippen molar-refractivity contribution in [3.05, 3.63) is 53.3 Å². The van der Waals surface area contributed by atoms with Crippen LogP contribution >= 0.6 is 11.8 Å². The Bertz CT molecular complexity index is 571. The highest BCUT2D eigenvalue weighted by Crippen LogP contribution is 2.31. The van der Waals surface area contributed by atoms with Crippen molar-refractivity contribution in [3.8, 4) is 6.07 Å². The number of aromatic nitrogens is 1. The summed E-state index contributed by atoms with van der Waals surface area (Å²) in [5.41, 5.74) is 2.41. The summed E-state index contributed by atoms with van der Waals surface area (Å²) >= 11 is 1.60. The Labute approximate surface area is 105 Å². The molecule has 0 aliphatic carbocycles. The second-order valence-electron chi connectivity index (χ2n) is 3.75.